The fourth-order valence-corrected chi connectivity index (χ4v) is 2.29. The lowest BCUT2D eigenvalue weighted by molar-refractivity contribution is 0.102. The third kappa shape index (κ3) is 3.24. The first kappa shape index (κ1) is 15.1. The number of anilines is 1. The van der Waals surface area contributed by atoms with Gasteiger partial charge in [-0.05, 0) is 24.3 Å². The van der Waals surface area contributed by atoms with Crippen molar-refractivity contribution in [3.63, 3.8) is 0 Å². The number of hydrogen-bond donors (Lipinski definition) is 1. The van der Waals surface area contributed by atoms with Crippen LogP contribution in [0.25, 0.3) is 0 Å². The molecule has 2 aromatic rings. The molecule has 0 aliphatic rings. The number of aromatic nitrogens is 2. The van der Waals surface area contributed by atoms with Gasteiger partial charge in [-0.3, -0.25) is 9.48 Å². The van der Waals surface area contributed by atoms with Crippen LogP contribution in [0.5, 0.6) is 0 Å². The molecule has 1 aromatic carbocycles. The average molecular weight is 315 g/mol. The van der Waals surface area contributed by atoms with Crippen LogP contribution >= 0.6 is 0 Å². The zero-order valence-electron chi connectivity index (χ0n) is 10.8. The maximum absolute atomic E-state index is 12.4. The van der Waals surface area contributed by atoms with Gasteiger partial charge in [0.1, 0.15) is 0 Å². The molecule has 0 atom stereocenters. The van der Waals surface area contributed by atoms with Gasteiger partial charge in [-0.2, -0.15) is 13.9 Å². The maximum atomic E-state index is 12.4. The molecule has 0 bridgehead atoms. The molecular formula is C12H11F2N3O3S. The van der Waals surface area contributed by atoms with Crippen molar-refractivity contribution in [1.29, 1.82) is 0 Å². The minimum absolute atomic E-state index is 0.133. The van der Waals surface area contributed by atoms with Gasteiger partial charge in [-0.15, -0.1) is 0 Å². The zero-order valence-corrected chi connectivity index (χ0v) is 11.6. The third-order valence-electron chi connectivity index (χ3n) is 2.63. The molecular weight excluding hydrogens is 304 g/mol. The highest BCUT2D eigenvalue weighted by molar-refractivity contribution is 7.91. The Hall–Kier alpha value is -2.29. The first-order valence-corrected chi connectivity index (χ1v) is 7.28. The van der Waals surface area contributed by atoms with Gasteiger partial charge in [0.05, 0.1) is 4.90 Å². The Balaban J connectivity index is 2.17. The van der Waals surface area contributed by atoms with Gasteiger partial charge in [-0.1, -0.05) is 0 Å². The number of rotatable bonds is 4. The molecule has 1 amide bonds. The molecule has 21 heavy (non-hydrogen) atoms. The van der Waals surface area contributed by atoms with Gasteiger partial charge in [-0.25, -0.2) is 8.42 Å². The number of hydrogen-bond acceptors (Lipinski definition) is 4. The van der Waals surface area contributed by atoms with Gasteiger partial charge >= 0.3 is 5.76 Å². The SMILES string of the molecule is Cn1ccc(NC(=O)c2ccc(S(=O)(=O)C(F)F)cc2)n1. The minimum atomic E-state index is -4.66. The van der Waals surface area contributed by atoms with E-state index in [2.05, 4.69) is 10.4 Å². The van der Waals surface area contributed by atoms with Crippen molar-refractivity contribution >= 4 is 21.6 Å². The lowest BCUT2D eigenvalue weighted by atomic mass is 10.2. The maximum Gasteiger partial charge on any atom is 0.341 e. The second kappa shape index (κ2) is 5.60. The number of alkyl halides is 2. The first-order valence-electron chi connectivity index (χ1n) is 5.74. The fourth-order valence-electron chi connectivity index (χ4n) is 1.57. The quantitative estimate of drug-likeness (QED) is 0.930. The van der Waals surface area contributed by atoms with Gasteiger partial charge in [0, 0.05) is 24.9 Å². The molecule has 0 radical (unpaired) electrons. The fraction of sp³-hybridized carbons (Fsp3) is 0.167. The van der Waals surface area contributed by atoms with E-state index in [4.69, 9.17) is 0 Å². The minimum Gasteiger partial charge on any atom is -0.305 e. The summed E-state index contributed by atoms with van der Waals surface area (Å²) in [7, 11) is -2.98. The van der Waals surface area contributed by atoms with E-state index in [0.29, 0.717) is 5.82 Å². The van der Waals surface area contributed by atoms with E-state index in [1.165, 1.54) is 4.68 Å². The largest absolute Gasteiger partial charge is 0.341 e. The normalized spacial score (nSPS) is 11.6. The summed E-state index contributed by atoms with van der Waals surface area (Å²) < 4.78 is 48.7. The molecule has 0 aliphatic heterocycles. The summed E-state index contributed by atoms with van der Waals surface area (Å²) >= 11 is 0. The molecule has 0 fully saturated rings. The van der Waals surface area contributed by atoms with E-state index in [0.717, 1.165) is 24.3 Å². The summed E-state index contributed by atoms with van der Waals surface area (Å²) in [5.74, 6) is -3.69. The topological polar surface area (TPSA) is 81.1 Å². The van der Waals surface area contributed by atoms with E-state index in [1.807, 2.05) is 0 Å². The molecule has 0 aliphatic carbocycles. The second-order valence-corrected chi connectivity index (χ2v) is 6.08. The summed E-state index contributed by atoms with van der Waals surface area (Å²) in [6, 6.07) is 5.83. The molecule has 9 heteroatoms. The van der Waals surface area contributed by atoms with Crippen molar-refractivity contribution in [2.75, 3.05) is 5.32 Å². The summed E-state index contributed by atoms with van der Waals surface area (Å²) in [5, 5.41) is 6.44. The van der Waals surface area contributed by atoms with Crippen LogP contribution in [-0.2, 0) is 16.9 Å². The number of halogens is 2. The smallest absolute Gasteiger partial charge is 0.305 e. The van der Waals surface area contributed by atoms with E-state index in [-0.39, 0.29) is 5.56 Å². The van der Waals surface area contributed by atoms with Crippen LogP contribution in [0.3, 0.4) is 0 Å². The molecule has 6 nitrogen and oxygen atoms in total. The summed E-state index contributed by atoms with van der Waals surface area (Å²) in [6.45, 7) is 0. The molecule has 1 aromatic heterocycles. The standard InChI is InChI=1S/C12H11F2N3O3S/c1-17-7-6-10(16-17)15-11(18)8-2-4-9(5-3-8)21(19,20)12(13)14/h2-7,12H,1H3,(H,15,16,18). The number of amides is 1. The van der Waals surface area contributed by atoms with Crippen molar-refractivity contribution in [3.8, 4) is 0 Å². The average Bonchev–Trinajstić information content (AvgIpc) is 2.84. The Kier molecular flexibility index (Phi) is 4.03. The van der Waals surface area contributed by atoms with Crippen molar-refractivity contribution < 1.29 is 22.0 Å². The summed E-state index contributed by atoms with van der Waals surface area (Å²) in [6.07, 6.45) is 1.63. The summed E-state index contributed by atoms with van der Waals surface area (Å²) in [5.41, 5.74) is 0.133. The van der Waals surface area contributed by atoms with Gasteiger partial charge in [0.25, 0.3) is 5.91 Å². The first-order chi connectivity index (χ1) is 9.80. The van der Waals surface area contributed by atoms with Crippen LogP contribution in [0, 0.1) is 0 Å². The van der Waals surface area contributed by atoms with Crippen LogP contribution in [0.1, 0.15) is 10.4 Å². The lowest BCUT2D eigenvalue weighted by Gasteiger charge is -2.05. The predicted octanol–water partition coefficient (Wildman–Crippen LogP) is 1.67. The molecule has 0 saturated carbocycles. The Bertz CT molecular complexity index is 754. The molecule has 0 spiro atoms. The number of carbonyl (C=O) groups excluding carboxylic acids is 1. The molecule has 2 rings (SSSR count). The van der Waals surface area contributed by atoms with Crippen LogP contribution in [-0.4, -0.2) is 29.9 Å². The molecule has 1 heterocycles. The Morgan fingerprint density at radius 2 is 1.86 bits per heavy atom. The van der Waals surface area contributed by atoms with E-state index >= 15 is 0 Å². The number of carbonyl (C=O) groups is 1. The Morgan fingerprint density at radius 3 is 2.33 bits per heavy atom. The van der Waals surface area contributed by atoms with Crippen molar-refractivity contribution in [2.24, 2.45) is 7.05 Å². The summed E-state index contributed by atoms with van der Waals surface area (Å²) in [4.78, 5) is 11.3. The number of nitrogens with zero attached hydrogens (tertiary/aromatic N) is 2. The zero-order chi connectivity index (χ0) is 15.6. The number of nitrogens with one attached hydrogen (secondary N) is 1. The molecule has 0 unspecified atom stereocenters. The van der Waals surface area contributed by atoms with Crippen LogP contribution in [0.4, 0.5) is 14.6 Å². The van der Waals surface area contributed by atoms with Crippen LogP contribution in [0.15, 0.2) is 41.4 Å². The highest BCUT2D eigenvalue weighted by Gasteiger charge is 2.26. The molecule has 1 N–H and O–H groups in total. The van der Waals surface area contributed by atoms with Crippen molar-refractivity contribution in [2.45, 2.75) is 10.7 Å². The number of benzene rings is 1. The van der Waals surface area contributed by atoms with Gasteiger partial charge < -0.3 is 5.32 Å². The van der Waals surface area contributed by atoms with E-state index < -0.39 is 26.4 Å². The van der Waals surface area contributed by atoms with Gasteiger partial charge in [0.15, 0.2) is 5.82 Å². The molecule has 112 valence electrons. The Labute approximate surface area is 119 Å². The van der Waals surface area contributed by atoms with E-state index in [9.17, 15) is 22.0 Å². The second-order valence-electron chi connectivity index (χ2n) is 4.16. The number of aryl methyl sites for hydroxylation is 1. The monoisotopic (exact) mass is 315 g/mol. The van der Waals surface area contributed by atoms with Crippen LogP contribution in [0.2, 0.25) is 0 Å². The molecule has 0 saturated heterocycles. The highest BCUT2D eigenvalue weighted by Crippen LogP contribution is 2.19. The van der Waals surface area contributed by atoms with Crippen molar-refractivity contribution in [3.05, 3.63) is 42.1 Å². The van der Waals surface area contributed by atoms with E-state index in [1.54, 1.807) is 19.3 Å². The lowest BCUT2D eigenvalue weighted by Crippen LogP contribution is -2.14. The van der Waals surface area contributed by atoms with Crippen molar-refractivity contribution in [1.82, 2.24) is 9.78 Å². The van der Waals surface area contributed by atoms with Crippen LogP contribution < -0.4 is 5.32 Å². The predicted molar refractivity (Wildman–Crippen MR) is 70.8 cm³/mol. The Morgan fingerprint density at radius 1 is 1.24 bits per heavy atom. The third-order valence-corrected chi connectivity index (χ3v) is 4.03. The van der Waals surface area contributed by atoms with Gasteiger partial charge in [0.2, 0.25) is 9.84 Å². The highest BCUT2D eigenvalue weighted by atomic mass is 32.2. The number of sulfone groups is 1.